The number of aromatic hydroxyl groups is 2. The Morgan fingerprint density at radius 2 is 1.73 bits per heavy atom. The van der Waals surface area contributed by atoms with Gasteiger partial charge in [-0.1, -0.05) is 18.2 Å². The number of ketones is 2. The number of carbonyl (C=O) groups is 3. The number of phenols is 2. The lowest BCUT2D eigenvalue weighted by molar-refractivity contribution is -0.152. The van der Waals surface area contributed by atoms with Gasteiger partial charge in [-0.2, -0.15) is 0 Å². The molecule has 6 nitrogen and oxygen atoms in total. The highest BCUT2D eigenvalue weighted by atomic mass is 16.5. The summed E-state index contributed by atoms with van der Waals surface area (Å²) in [5.41, 5.74) is 1.31. The van der Waals surface area contributed by atoms with Gasteiger partial charge in [-0.15, -0.1) is 0 Å². The van der Waals surface area contributed by atoms with Crippen molar-refractivity contribution >= 4 is 17.5 Å². The van der Waals surface area contributed by atoms with Crippen molar-refractivity contribution in [2.24, 2.45) is 0 Å². The number of phenolic OH excluding ortho intramolecular Hbond substituents is 2. The number of carbonyl (C=O) groups excluding carboxylic acids is 3. The molecule has 0 aliphatic heterocycles. The molecule has 6 heteroatoms. The zero-order valence-corrected chi connectivity index (χ0v) is 14.6. The van der Waals surface area contributed by atoms with Gasteiger partial charge in [-0.05, 0) is 42.7 Å². The summed E-state index contributed by atoms with van der Waals surface area (Å²) in [6.45, 7) is 4.40. The van der Waals surface area contributed by atoms with E-state index < -0.39 is 29.6 Å². The van der Waals surface area contributed by atoms with E-state index in [1.54, 1.807) is 25.1 Å². The highest BCUT2D eigenvalue weighted by molar-refractivity contribution is 6.18. The largest absolute Gasteiger partial charge is 0.507 e. The Labute approximate surface area is 150 Å². The molecule has 3 rings (SSSR count). The molecule has 2 N–H and O–H groups in total. The molecule has 0 saturated carbocycles. The molecule has 0 saturated heterocycles. The van der Waals surface area contributed by atoms with Crippen LogP contribution in [-0.2, 0) is 14.3 Å². The Bertz CT molecular complexity index is 944. The molecule has 0 amide bonds. The third kappa shape index (κ3) is 2.73. The summed E-state index contributed by atoms with van der Waals surface area (Å²) in [5, 5.41) is 20.5. The van der Waals surface area contributed by atoms with Gasteiger partial charge in [-0.25, -0.2) is 0 Å². The lowest BCUT2D eigenvalue weighted by Gasteiger charge is -2.29. The van der Waals surface area contributed by atoms with Crippen LogP contribution < -0.4 is 0 Å². The first-order chi connectivity index (χ1) is 12.2. The maximum Gasteiger partial charge on any atom is 0.303 e. The second kappa shape index (κ2) is 6.29. The minimum atomic E-state index is -1.04. The van der Waals surface area contributed by atoms with E-state index in [2.05, 4.69) is 0 Å². The number of ether oxygens (including phenoxy) is 1. The van der Waals surface area contributed by atoms with Crippen molar-refractivity contribution in [2.45, 2.75) is 32.8 Å². The van der Waals surface area contributed by atoms with Crippen LogP contribution in [0.25, 0.3) is 0 Å². The van der Waals surface area contributed by atoms with Crippen molar-refractivity contribution in [3.05, 3.63) is 58.1 Å². The Morgan fingerprint density at radius 1 is 1.08 bits per heavy atom. The Kier molecular flexibility index (Phi) is 4.28. The van der Waals surface area contributed by atoms with Crippen LogP contribution in [0.4, 0.5) is 0 Å². The molecule has 2 aromatic carbocycles. The van der Waals surface area contributed by atoms with Crippen molar-refractivity contribution in [1.82, 2.24) is 0 Å². The lowest BCUT2D eigenvalue weighted by atomic mass is 9.73. The average molecular weight is 354 g/mol. The molecule has 1 aliphatic rings. The molecule has 2 aromatic rings. The maximum absolute atomic E-state index is 13.0. The van der Waals surface area contributed by atoms with Crippen molar-refractivity contribution in [3.8, 4) is 11.5 Å². The van der Waals surface area contributed by atoms with Gasteiger partial charge in [0.2, 0.25) is 5.78 Å². The summed E-state index contributed by atoms with van der Waals surface area (Å²) >= 11 is 0. The summed E-state index contributed by atoms with van der Waals surface area (Å²) in [6.07, 6.45) is -1.04. The first-order valence-electron chi connectivity index (χ1n) is 8.13. The second-order valence-electron chi connectivity index (χ2n) is 6.41. The van der Waals surface area contributed by atoms with Crippen LogP contribution in [0.5, 0.6) is 11.5 Å². The maximum atomic E-state index is 13.0. The molecule has 0 fully saturated rings. The van der Waals surface area contributed by atoms with Gasteiger partial charge in [0.1, 0.15) is 11.5 Å². The summed E-state index contributed by atoms with van der Waals surface area (Å²) in [7, 11) is 0. The van der Waals surface area contributed by atoms with E-state index in [4.69, 9.17) is 4.74 Å². The van der Waals surface area contributed by atoms with Gasteiger partial charge in [0, 0.05) is 6.92 Å². The average Bonchev–Trinajstić information content (AvgIpc) is 2.53. The Hall–Kier alpha value is -3.15. The van der Waals surface area contributed by atoms with E-state index in [9.17, 15) is 24.6 Å². The van der Waals surface area contributed by atoms with Crippen molar-refractivity contribution < 1.29 is 29.3 Å². The van der Waals surface area contributed by atoms with Gasteiger partial charge in [-0.3, -0.25) is 14.4 Å². The predicted molar refractivity (Wildman–Crippen MR) is 92.5 cm³/mol. The monoisotopic (exact) mass is 354 g/mol. The van der Waals surface area contributed by atoms with Crippen molar-refractivity contribution in [3.63, 3.8) is 0 Å². The topological polar surface area (TPSA) is 101 Å². The Balaban J connectivity index is 2.27. The van der Waals surface area contributed by atoms with Crippen LogP contribution in [0.2, 0.25) is 0 Å². The first kappa shape index (κ1) is 17.7. The predicted octanol–water partition coefficient (Wildman–Crippen LogP) is 2.60. The van der Waals surface area contributed by atoms with Gasteiger partial charge < -0.3 is 14.9 Å². The quantitative estimate of drug-likeness (QED) is 0.822. The minimum Gasteiger partial charge on any atom is -0.507 e. The van der Waals surface area contributed by atoms with Crippen LogP contribution in [0.3, 0.4) is 0 Å². The summed E-state index contributed by atoms with van der Waals surface area (Å²) in [5.74, 6) is -3.04. The van der Waals surface area contributed by atoms with Gasteiger partial charge >= 0.3 is 5.97 Å². The van der Waals surface area contributed by atoms with E-state index in [0.717, 1.165) is 0 Å². The molecular formula is C20H18O6. The number of benzene rings is 2. The van der Waals surface area contributed by atoms with Crippen LogP contribution in [-0.4, -0.2) is 33.9 Å². The van der Waals surface area contributed by atoms with Gasteiger partial charge in [0.15, 0.2) is 11.9 Å². The molecule has 26 heavy (non-hydrogen) atoms. The fourth-order valence-electron chi connectivity index (χ4n) is 3.46. The summed E-state index contributed by atoms with van der Waals surface area (Å²) < 4.78 is 5.01. The molecule has 0 bridgehead atoms. The highest BCUT2D eigenvalue weighted by Gasteiger charge is 2.40. The zero-order chi connectivity index (χ0) is 19.2. The normalized spacial score (nSPS) is 16.4. The van der Waals surface area contributed by atoms with Crippen LogP contribution in [0.1, 0.15) is 52.4 Å². The molecule has 2 atom stereocenters. The van der Waals surface area contributed by atoms with Gasteiger partial charge in [0.25, 0.3) is 0 Å². The van der Waals surface area contributed by atoms with E-state index >= 15 is 0 Å². The molecule has 0 spiro atoms. The van der Waals surface area contributed by atoms with E-state index in [1.165, 1.54) is 26.0 Å². The highest BCUT2D eigenvalue weighted by Crippen LogP contribution is 2.44. The van der Waals surface area contributed by atoms with Crippen LogP contribution in [0, 0.1) is 6.92 Å². The molecule has 2 unspecified atom stereocenters. The number of aryl methyl sites for hydroxylation is 1. The fourth-order valence-corrected chi connectivity index (χ4v) is 3.46. The lowest BCUT2D eigenvalue weighted by Crippen LogP contribution is -2.33. The standard InChI is InChI=1S/C20H18O6/c1-9-7-13-16(19(24)10(2)26-11(3)21)12-5-4-6-14(22)17(12)20(25)18(13)15(23)8-9/h4-8,10,16,22-23H,1-3H3. The fraction of sp³-hybridized carbons (Fsp3) is 0.250. The molecule has 0 radical (unpaired) electrons. The Morgan fingerprint density at radius 3 is 2.38 bits per heavy atom. The van der Waals surface area contributed by atoms with E-state index in [0.29, 0.717) is 16.7 Å². The minimum absolute atomic E-state index is 0.0158. The SMILES string of the molecule is CC(=O)OC(C)C(=O)C1c2cccc(O)c2C(=O)c2c(O)cc(C)cc21. The molecule has 134 valence electrons. The van der Waals surface area contributed by atoms with Crippen molar-refractivity contribution in [2.75, 3.05) is 0 Å². The number of esters is 1. The molecular weight excluding hydrogens is 336 g/mol. The number of fused-ring (bicyclic) bond motifs is 2. The molecule has 0 aromatic heterocycles. The van der Waals surface area contributed by atoms with E-state index in [1.807, 2.05) is 0 Å². The van der Waals surface area contributed by atoms with E-state index in [-0.39, 0.29) is 22.6 Å². The second-order valence-corrected chi connectivity index (χ2v) is 6.41. The summed E-state index contributed by atoms with van der Waals surface area (Å²) in [6, 6.07) is 7.56. The first-order valence-corrected chi connectivity index (χ1v) is 8.13. The smallest absolute Gasteiger partial charge is 0.303 e. The summed E-state index contributed by atoms with van der Waals surface area (Å²) in [4.78, 5) is 37.1. The number of hydrogen-bond donors (Lipinski definition) is 2. The number of Topliss-reactive ketones (excluding diaryl/α,β-unsaturated/α-hetero) is 1. The third-order valence-corrected chi connectivity index (χ3v) is 4.47. The number of rotatable bonds is 3. The van der Waals surface area contributed by atoms with Gasteiger partial charge in [0.05, 0.1) is 17.0 Å². The molecule has 0 heterocycles. The zero-order valence-electron chi connectivity index (χ0n) is 14.6. The van der Waals surface area contributed by atoms with Crippen LogP contribution >= 0.6 is 0 Å². The van der Waals surface area contributed by atoms with Crippen molar-refractivity contribution in [1.29, 1.82) is 0 Å². The number of hydrogen-bond acceptors (Lipinski definition) is 6. The van der Waals surface area contributed by atoms with Crippen LogP contribution in [0.15, 0.2) is 30.3 Å². The molecule has 1 aliphatic carbocycles. The third-order valence-electron chi connectivity index (χ3n) is 4.47.